The molecular formula is C19H15FN2O. The molecule has 0 spiro atoms. The molecule has 23 heavy (non-hydrogen) atoms. The molecule has 0 atom stereocenters. The van der Waals surface area contributed by atoms with Gasteiger partial charge in [-0.25, -0.2) is 4.39 Å². The summed E-state index contributed by atoms with van der Waals surface area (Å²) in [5, 5.41) is 2.84. The van der Waals surface area contributed by atoms with Gasteiger partial charge in [0, 0.05) is 18.3 Å². The molecule has 2 aromatic carbocycles. The number of nitrogens with one attached hydrogen (secondary N) is 1. The second kappa shape index (κ2) is 6.83. The second-order valence-electron chi connectivity index (χ2n) is 5.08. The Morgan fingerprint density at radius 3 is 2.61 bits per heavy atom. The van der Waals surface area contributed by atoms with E-state index in [9.17, 15) is 9.18 Å². The maximum absolute atomic E-state index is 13.4. The molecule has 3 rings (SSSR count). The fourth-order valence-electron chi connectivity index (χ4n) is 2.34. The molecule has 0 saturated heterocycles. The van der Waals surface area contributed by atoms with E-state index in [4.69, 9.17) is 0 Å². The monoisotopic (exact) mass is 306 g/mol. The van der Waals surface area contributed by atoms with Gasteiger partial charge in [-0.15, -0.1) is 0 Å². The molecule has 4 heteroatoms. The zero-order chi connectivity index (χ0) is 16.1. The van der Waals surface area contributed by atoms with Gasteiger partial charge >= 0.3 is 0 Å². The average Bonchev–Trinajstić information content (AvgIpc) is 2.60. The van der Waals surface area contributed by atoms with Crippen LogP contribution in [0.5, 0.6) is 0 Å². The van der Waals surface area contributed by atoms with Crippen molar-refractivity contribution >= 4 is 5.91 Å². The summed E-state index contributed by atoms with van der Waals surface area (Å²) >= 11 is 0. The molecule has 1 N–H and O–H groups in total. The van der Waals surface area contributed by atoms with Gasteiger partial charge in [-0.1, -0.05) is 48.5 Å². The van der Waals surface area contributed by atoms with Gasteiger partial charge in [0.05, 0.1) is 0 Å². The minimum Gasteiger partial charge on any atom is -0.347 e. The molecule has 1 heterocycles. The molecule has 0 fully saturated rings. The zero-order valence-corrected chi connectivity index (χ0v) is 12.4. The lowest BCUT2D eigenvalue weighted by Crippen LogP contribution is -2.24. The Morgan fingerprint density at radius 2 is 1.83 bits per heavy atom. The third-order valence-electron chi connectivity index (χ3n) is 3.45. The van der Waals surface area contributed by atoms with Gasteiger partial charge in [0.25, 0.3) is 5.91 Å². The topological polar surface area (TPSA) is 42.0 Å². The summed E-state index contributed by atoms with van der Waals surface area (Å²) in [6, 6.07) is 19.3. The highest BCUT2D eigenvalue weighted by Crippen LogP contribution is 2.22. The number of halogens is 1. The van der Waals surface area contributed by atoms with Crippen LogP contribution in [0.15, 0.2) is 72.9 Å². The van der Waals surface area contributed by atoms with E-state index in [0.29, 0.717) is 17.7 Å². The van der Waals surface area contributed by atoms with E-state index in [0.717, 1.165) is 5.56 Å². The zero-order valence-electron chi connectivity index (χ0n) is 12.4. The van der Waals surface area contributed by atoms with Crippen molar-refractivity contribution in [2.45, 2.75) is 6.54 Å². The SMILES string of the molecule is O=C(NCc1ccccc1)c1ncccc1-c1cccc(F)c1. The number of carbonyl (C=O) groups is 1. The van der Waals surface area contributed by atoms with E-state index in [1.165, 1.54) is 12.1 Å². The van der Waals surface area contributed by atoms with E-state index in [2.05, 4.69) is 10.3 Å². The van der Waals surface area contributed by atoms with Gasteiger partial charge in [0.15, 0.2) is 0 Å². The summed E-state index contributed by atoms with van der Waals surface area (Å²) in [6.07, 6.45) is 1.56. The smallest absolute Gasteiger partial charge is 0.270 e. The Hall–Kier alpha value is -3.01. The predicted octanol–water partition coefficient (Wildman–Crippen LogP) is 3.82. The lowest BCUT2D eigenvalue weighted by Gasteiger charge is -2.09. The number of rotatable bonds is 4. The first-order chi connectivity index (χ1) is 11.2. The highest BCUT2D eigenvalue weighted by molar-refractivity contribution is 5.98. The van der Waals surface area contributed by atoms with Crippen LogP contribution in [0.4, 0.5) is 4.39 Å². The van der Waals surface area contributed by atoms with E-state index < -0.39 is 0 Å². The Balaban J connectivity index is 1.84. The number of pyridine rings is 1. The molecule has 1 aromatic heterocycles. The third kappa shape index (κ3) is 3.61. The molecule has 0 bridgehead atoms. The maximum atomic E-state index is 13.4. The highest BCUT2D eigenvalue weighted by atomic mass is 19.1. The van der Waals surface area contributed by atoms with Crippen LogP contribution in [0.2, 0.25) is 0 Å². The molecule has 0 aliphatic rings. The number of hydrogen-bond acceptors (Lipinski definition) is 2. The predicted molar refractivity (Wildman–Crippen MR) is 87.2 cm³/mol. The number of nitrogens with zero attached hydrogens (tertiary/aromatic N) is 1. The Kier molecular flexibility index (Phi) is 4.43. The number of carbonyl (C=O) groups excluding carboxylic acids is 1. The van der Waals surface area contributed by atoms with Gasteiger partial charge in [0.1, 0.15) is 11.5 Å². The minimum atomic E-state index is -0.345. The van der Waals surface area contributed by atoms with Gasteiger partial charge in [-0.3, -0.25) is 9.78 Å². The van der Waals surface area contributed by atoms with Crippen LogP contribution in [0.3, 0.4) is 0 Å². The summed E-state index contributed by atoms with van der Waals surface area (Å²) < 4.78 is 13.4. The Morgan fingerprint density at radius 1 is 1.00 bits per heavy atom. The van der Waals surface area contributed by atoms with Crippen LogP contribution in [-0.2, 0) is 6.54 Å². The van der Waals surface area contributed by atoms with E-state index >= 15 is 0 Å². The molecule has 0 unspecified atom stereocenters. The number of amides is 1. The van der Waals surface area contributed by atoms with Crippen molar-refractivity contribution < 1.29 is 9.18 Å². The fraction of sp³-hybridized carbons (Fsp3) is 0.0526. The largest absolute Gasteiger partial charge is 0.347 e. The fourth-order valence-corrected chi connectivity index (χ4v) is 2.34. The van der Waals surface area contributed by atoms with Crippen LogP contribution in [-0.4, -0.2) is 10.9 Å². The molecule has 0 saturated carbocycles. The number of benzene rings is 2. The highest BCUT2D eigenvalue weighted by Gasteiger charge is 2.14. The van der Waals surface area contributed by atoms with E-state index in [-0.39, 0.29) is 17.4 Å². The van der Waals surface area contributed by atoms with Gasteiger partial charge < -0.3 is 5.32 Å². The van der Waals surface area contributed by atoms with Gasteiger partial charge in [-0.05, 0) is 29.3 Å². The number of hydrogen-bond donors (Lipinski definition) is 1. The summed E-state index contributed by atoms with van der Waals surface area (Å²) in [4.78, 5) is 16.6. The van der Waals surface area contributed by atoms with Crippen LogP contribution in [0.25, 0.3) is 11.1 Å². The quantitative estimate of drug-likeness (QED) is 0.796. The molecule has 0 aliphatic heterocycles. The van der Waals surface area contributed by atoms with E-state index in [1.807, 2.05) is 30.3 Å². The Bertz CT molecular complexity index is 818. The maximum Gasteiger partial charge on any atom is 0.270 e. The molecule has 114 valence electrons. The normalized spacial score (nSPS) is 10.3. The third-order valence-corrected chi connectivity index (χ3v) is 3.45. The van der Waals surface area contributed by atoms with Gasteiger partial charge in [-0.2, -0.15) is 0 Å². The first-order valence-corrected chi connectivity index (χ1v) is 7.27. The van der Waals surface area contributed by atoms with Crippen molar-refractivity contribution in [2.24, 2.45) is 0 Å². The molecule has 1 amide bonds. The van der Waals surface area contributed by atoms with Crippen molar-refractivity contribution in [3.8, 4) is 11.1 Å². The standard InChI is InChI=1S/C19H15FN2O/c20-16-9-4-8-15(12-16)17-10-5-11-21-18(17)19(23)22-13-14-6-2-1-3-7-14/h1-12H,13H2,(H,22,23). The average molecular weight is 306 g/mol. The first-order valence-electron chi connectivity index (χ1n) is 7.27. The summed E-state index contributed by atoms with van der Waals surface area (Å²) in [6.45, 7) is 0.416. The summed E-state index contributed by atoms with van der Waals surface area (Å²) in [7, 11) is 0. The molecule has 0 radical (unpaired) electrons. The van der Waals surface area contributed by atoms with Crippen LogP contribution in [0.1, 0.15) is 16.1 Å². The molecule has 0 aliphatic carbocycles. The minimum absolute atomic E-state index is 0.284. The molecule has 3 nitrogen and oxygen atoms in total. The van der Waals surface area contributed by atoms with Crippen molar-refractivity contribution in [1.29, 1.82) is 0 Å². The van der Waals surface area contributed by atoms with Crippen LogP contribution >= 0.6 is 0 Å². The second-order valence-corrected chi connectivity index (χ2v) is 5.08. The molecular weight excluding hydrogens is 291 g/mol. The molecule has 3 aromatic rings. The summed E-state index contributed by atoms with van der Waals surface area (Å²) in [5.74, 6) is -0.629. The van der Waals surface area contributed by atoms with Crippen molar-refractivity contribution in [3.63, 3.8) is 0 Å². The first kappa shape index (κ1) is 14.9. The van der Waals surface area contributed by atoms with Gasteiger partial charge in [0.2, 0.25) is 0 Å². The van der Waals surface area contributed by atoms with Crippen molar-refractivity contribution in [2.75, 3.05) is 0 Å². The van der Waals surface area contributed by atoms with Crippen LogP contribution in [0, 0.1) is 5.82 Å². The van der Waals surface area contributed by atoms with E-state index in [1.54, 1.807) is 30.5 Å². The lowest BCUT2D eigenvalue weighted by atomic mass is 10.0. The summed E-state index contributed by atoms with van der Waals surface area (Å²) in [5.41, 5.74) is 2.53. The van der Waals surface area contributed by atoms with Crippen molar-refractivity contribution in [1.82, 2.24) is 10.3 Å². The lowest BCUT2D eigenvalue weighted by molar-refractivity contribution is 0.0946. The Labute approximate surface area is 133 Å². The number of aromatic nitrogens is 1. The van der Waals surface area contributed by atoms with Crippen LogP contribution < -0.4 is 5.32 Å². The van der Waals surface area contributed by atoms with Crippen molar-refractivity contribution in [3.05, 3.63) is 90.0 Å².